The molecule has 3 rings (SSSR count). The summed E-state index contributed by atoms with van der Waals surface area (Å²) in [4.78, 5) is 25.3. The maximum Gasteiger partial charge on any atom is 0.323 e. The SMILES string of the molecule is COCCN(CC(=O)O)C(=O)c1nn(-c2ccc(C)cc2F)c2c1CCC2. The zero-order valence-electron chi connectivity index (χ0n) is 15.4. The van der Waals surface area contributed by atoms with Crippen molar-refractivity contribution in [3.05, 3.63) is 46.5 Å². The van der Waals surface area contributed by atoms with Crippen molar-refractivity contribution in [3.8, 4) is 5.69 Å². The molecule has 1 aromatic carbocycles. The third-order valence-corrected chi connectivity index (χ3v) is 4.64. The van der Waals surface area contributed by atoms with Crippen LogP contribution in [0.15, 0.2) is 18.2 Å². The van der Waals surface area contributed by atoms with Crippen molar-refractivity contribution in [3.63, 3.8) is 0 Å². The lowest BCUT2D eigenvalue weighted by Crippen LogP contribution is -2.38. The van der Waals surface area contributed by atoms with E-state index >= 15 is 0 Å². The highest BCUT2D eigenvalue weighted by atomic mass is 19.1. The number of rotatable bonds is 7. The first-order valence-electron chi connectivity index (χ1n) is 8.79. The summed E-state index contributed by atoms with van der Waals surface area (Å²) in [6, 6.07) is 4.86. The number of aryl methyl sites for hydroxylation is 1. The van der Waals surface area contributed by atoms with E-state index in [-0.39, 0.29) is 18.8 Å². The van der Waals surface area contributed by atoms with Gasteiger partial charge >= 0.3 is 5.97 Å². The smallest absolute Gasteiger partial charge is 0.323 e. The number of carbonyl (C=O) groups excluding carboxylic acids is 1. The molecule has 1 heterocycles. The summed E-state index contributed by atoms with van der Waals surface area (Å²) in [7, 11) is 1.48. The topological polar surface area (TPSA) is 84.7 Å². The van der Waals surface area contributed by atoms with Gasteiger partial charge in [-0.3, -0.25) is 9.59 Å². The maximum absolute atomic E-state index is 14.5. The molecule has 0 aliphatic heterocycles. The highest BCUT2D eigenvalue weighted by Gasteiger charge is 2.30. The number of methoxy groups -OCH3 is 1. The minimum atomic E-state index is -1.11. The number of amides is 1. The number of carbonyl (C=O) groups is 2. The van der Waals surface area contributed by atoms with Crippen LogP contribution in [0, 0.1) is 12.7 Å². The molecule has 1 aliphatic carbocycles. The molecule has 1 amide bonds. The van der Waals surface area contributed by atoms with E-state index in [9.17, 15) is 14.0 Å². The first-order chi connectivity index (χ1) is 12.9. The Morgan fingerprint density at radius 1 is 1.37 bits per heavy atom. The minimum absolute atomic E-state index is 0.141. The van der Waals surface area contributed by atoms with E-state index in [1.54, 1.807) is 19.1 Å². The number of carboxylic acid groups (broad SMARTS) is 1. The van der Waals surface area contributed by atoms with E-state index in [1.165, 1.54) is 22.8 Å². The number of nitrogens with zero attached hydrogens (tertiary/aromatic N) is 3. The van der Waals surface area contributed by atoms with Gasteiger partial charge in [0.25, 0.3) is 5.91 Å². The highest BCUT2D eigenvalue weighted by molar-refractivity contribution is 5.96. The van der Waals surface area contributed by atoms with Crippen LogP contribution in [0.4, 0.5) is 4.39 Å². The number of aromatic nitrogens is 2. The van der Waals surface area contributed by atoms with Gasteiger partial charge in [0, 0.05) is 24.9 Å². The van der Waals surface area contributed by atoms with Crippen LogP contribution in [-0.4, -0.2) is 58.5 Å². The lowest BCUT2D eigenvalue weighted by Gasteiger charge is -2.19. The molecule has 0 radical (unpaired) electrons. The van der Waals surface area contributed by atoms with Crippen LogP contribution < -0.4 is 0 Å². The molecule has 2 aromatic rings. The number of halogens is 1. The van der Waals surface area contributed by atoms with Crippen LogP contribution >= 0.6 is 0 Å². The number of carboxylic acids is 1. The second kappa shape index (κ2) is 7.87. The summed E-state index contributed by atoms with van der Waals surface area (Å²) in [6.07, 6.45) is 2.20. The second-order valence-corrected chi connectivity index (χ2v) is 6.61. The van der Waals surface area contributed by atoms with E-state index in [4.69, 9.17) is 9.84 Å². The van der Waals surface area contributed by atoms with Crippen molar-refractivity contribution in [1.29, 1.82) is 0 Å². The number of hydrogen-bond donors (Lipinski definition) is 1. The number of aliphatic carboxylic acids is 1. The number of benzene rings is 1. The highest BCUT2D eigenvalue weighted by Crippen LogP contribution is 2.29. The second-order valence-electron chi connectivity index (χ2n) is 6.61. The van der Waals surface area contributed by atoms with Gasteiger partial charge in [-0.05, 0) is 43.9 Å². The normalized spacial score (nSPS) is 12.9. The van der Waals surface area contributed by atoms with Gasteiger partial charge in [-0.1, -0.05) is 6.07 Å². The largest absolute Gasteiger partial charge is 0.480 e. The molecule has 0 saturated heterocycles. The van der Waals surface area contributed by atoms with E-state index < -0.39 is 24.2 Å². The third-order valence-electron chi connectivity index (χ3n) is 4.64. The van der Waals surface area contributed by atoms with Crippen LogP contribution in [0.3, 0.4) is 0 Å². The Morgan fingerprint density at radius 3 is 2.81 bits per heavy atom. The molecule has 1 aromatic heterocycles. The quantitative estimate of drug-likeness (QED) is 0.800. The van der Waals surface area contributed by atoms with E-state index in [0.29, 0.717) is 18.5 Å². The molecule has 0 spiro atoms. The fraction of sp³-hybridized carbons (Fsp3) is 0.421. The van der Waals surface area contributed by atoms with E-state index in [2.05, 4.69) is 5.10 Å². The lowest BCUT2D eigenvalue weighted by atomic mass is 10.1. The van der Waals surface area contributed by atoms with Gasteiger partial charge in [0.2, 0.25) is 0 Å². The van der Waals surface area contributed by atoms with Gasteiger partial charge in [0.1, 0.15) is 18.0 Å². The molecule has 0 unspecified atom stereocenters. The van der Waals surface area contributed by atoms with Gasteiger partial charge in [-0.15, -0.1) is 0 Å². The molecule has 1 N–H and O–H groups in total. The molecule has 0 bridgehead atoms. The average Bonchev–Trinajstić information content (AvgIpc) is 3.20. The Bertz CT molecular complexity index is 878. The first kappa shape index (κ1) is 19.0. The Kier molecular flexibility index (Phi) is 5.55. The Balaban J connectivity index is 2.01. The Labute approximate surface area is 156 Å². The van der Waals surface area contributed by atoms with Crippen molar-refractivity contribution in [1.82, 2.24) is 14.7 Å². The molecule has 0 fully saturated rings. The number of ether oxygens (including phenoxy) is 1. The zero-order chi connectivity index (χ0) is 19.6. The summed E-state index contributed by atoms with van der Waals surface area (Å²) in [5.74, 6) is -1.99. The fourth-order valence-corrected chi connectivity index (χ4v) is 3.36. The van der Waals surface area contributed by atoms with Crippen LogP contribution in [0.25, 0.3) is 5.69 Å². The standard InChI is InChI=1S/C19H22FN3O4/c1-12-6-7-16(14(20)10-12)23-15-5-3-4-13(15)18(21-23)19(26)22(8-9-27-2)11-17(24)25/h6-7,10H,3-5,8-9,11H2,1-2H3,(H,24,25). The summed E-state index contributed by atoms with van der Waals surface area (Å²) in [6.45, 7) is 1.72. The first-order valence-corrected chi connectivity index (χ1v) is 8.79. The van der Waals surface area contributed by atoms with Crippen molar-refractivity contribution < 1.29 is 23.8 Å². The molecule has 7 nitrogen and oxygen atoms in total. The van der Waals surface area contributed by atoms with Gasteiger partial charge in [0.05, 0.1) is 6.61 Å². The third kappa shape index (κ3) is 3.85. The average molecular weight is 375 g/mol. The van der Waals surface area contributed by atoms with Crippen molar-refractivity contribution >= 4 is 11.9 Å². The summed E-state index contributed by atoms with van der Waals surface area (Å²) in [5, 5.41) is 13.5. The summed E-state index contributed by atoms with van der Waals surface area (Å²) in [5.41, 5.74) is 2.86. The summed E-state index contributed by atoms with van der Waals surface area (Å²) >= 11 is 0. The predicted octanol–water partition coefficient (Wildman–Crippen LogP) is 1.98. The van der Waals surface area contributed by atoms with Crippen molar-refractivity contribution in [2.75, 3.05) is 26.8 Å². The van der Waals surface area contributed by atoms with Crippen LogP contribution in [0.5, 0.6) is 0 Å². The van der Waals surface area contributed by atoms with E-state index in [0.717, 1.165) is 23.2 Å². The molecule has 0 saturated carbocycles. The lowest BCUT2D eigenvalue weighted by molar-refractivity contribution is -0.137. The van der Waals surface area contributed by atoms with Gasteiger partial charge in [-0.2, -0.15) is 5.10 Å². The molecular formula is C19H22FN3O4. The van der Waals surface area contributed by atoms with Crippen molar-refractivity contribution in [2.45, 2.75) is 26.2 Å². The van der Waals surface area contributed by atoms with Gasteiger partial charge in [0.15, 0.2) is 5.69 Å². The molecule has 27 heavy (non-hydrogen) atoms. The fourth-order valence-electron chi connectivity index (χ4n) is 3.36. The zero-order valence-corrected chi connectivity index (χ0v) is 15.4. The Hall–Kier alpha value is -2.74. The van der Waals surface area contributed by atoms with Crippen LogP contribution in [0.1, 0.15) is 33.7 Å². The molecule has 0 atom stereocenters. The predicted molar refractivity (Wildman–Crippen MR) is 95.7 cm³/mol. The van der Waals surface area contributed by atoms with Gasteiger partial charge in [-0.25, -0.2) is 9.07 Å². The van der Waals surface area contributed by atoms with Crippen LogP contribution in [-0.2, 0) is 22.4 Å². The molecule has 1 aliphatic rings. The van der Waals surface area contributed by atoms with E-state index in [1.807, 2.05) is 0 Å². The molecule has 144 valence electrons. The molecular weight excluding hydrogens is 353 g/mol. The summed E-state index contributed by atoms with van der Waals surface area (Å²) < 4.78 is 20.9. The maximum atomic E-state index is 14.5. The van der Waals surface area contributed by atoms with Crippen LogP contribution in [0.2, 0.25) is 0 Å². The Morgan fingerprint density at radius 2 is 2.15 bits per heavy atom. The number of fused-ring (bicyclic) bond motifs is 1. The monoisotopic (exact) mass is 375 g/mol. The van der Waals surface area contributed by atoms with Crippen molar-refractivity contribution in [2.24, 2.45) is 0 Å². The number of hydrogen-bond acceptors (Lipinski definition) is 4. The van der Waals surface area contributed by atoms with Gasteiger partial charge < -0.3 is 14.7 Å². The minimum Gasteiger partial charge on any atom is -0.480 e. The molecule has 8 heteroatoms.